The molecule has 0 atom stereocenters. The Morgan fingerprint density at radius 2 is 1.75 bits per heavy atom. The van der Waals surface area contributed by atoms with Crippen molar-refractivity contribution in [2.24, 2.45) is 0 Å². The van der Waals surface area contributed by atoms with Crippen LogP contribution in [0.15, 0.2) is 35.1 Å². The van der Waals surface area contributed by atoms with E-state index in [1.807, 2.05) is 19.1 Å². The summed E-state index contributed by atoms with van der Waals surface area (Å²) in [6.45, 7) is 3.46. The molecular formula is C14H17BrN4O. The summed E-state index contributed by atoms with van der Waals surface area (Å²) in [6, 6.07) is 8.13. The topological polar surface area (TPSA) is 59.1 Å². The van der Waals surface area contributed by atoms with Gasteiger partial charge in [0.2, 0.25) is 5.75 Å². The number of benzene rings is 1. The molecule has 106 valence electrons. The molecule has 2 rings (SSSR count). The number of anilines is 2. The van der Waals surface area contributed by atoms with Crippen LogP contribution in [0.5, 0.6) is 5.75 Å². The molecule has 0 radical (unpaired) electrons. The maximum atomic E-state index is 5.38. The highest BCUT2D eigenvalue weighted by molar-refractivity contribution is 9.10. The molecule has 0 saturated heterocycles. The molecule has 0 amide bonds. The van der Waals surface area contributed by atoms with Gasteiger partial charge in [-0.1, -0.05) is 28.1 Å². The van der Waals surface area contributed by atoms with Gasteiger partial charge in [0.15, 0.2) is 11.6 Å². The number of aromatic nitrogens is 2. The first-order chi connectivity index (χ1) is 9.74. The van der Waals surface area contributed by atoms with Crippen LogP contribution in [-0.2, 0) is 6.54 Å². The highest BCUT2D eigenvalue weighted by Gasteiger charge is 2.10. The number of rotatable bonds is 6. The van der Waals surface area contributed by atoms with Crippen LogP contribution in [0.4, 0.5) is 11.6 Å². The maximum absolute atomic E-state index is 5.38. The van der Waals surface area contributed by atoms with E-state index >= 15 is 0 Å². The molecule has 0 aliphatic rings. The quantitative estimate of drug-likeness (QED) is 0.847. The Kier molecular flexibility index (Phi) is 5.17. The molecule has 0 fully saturated rings. The zero-order valence-electron chi connectivity index (χ0n) is 11.5. The second-order valence-corrected chi connectivity index (χ2v) is 5.03. The van der Waals surface area contributed by atoms with Gasteiger partial charge >= 0.3 is 0 Å². The molecule has 0 unspecified atom stereocenters. The van der Waals surface area contributed by atoms with Crippen LogP contribution in [0.25, 0.3) is 0 Å². The van der Waals surface area contributed by atoms with Gasteiger partial charge < -0.3 is 15.4 Å². The van der Waals surface area contributed by atoms with Gasteiger partial charge in [-0.25, -0.2) is 9.97 Å². The number of halogens is 1. The molecule has 5 nitrogen and oxygen atoms in total. The smallest absolute Gasteiger partial charge is 0.204 e. The van der Waals surface area contributed by atoms with Gasteiger partial charge in [0, 0.05) is 17.6 Å². The van der Waals surface area contributed by atoms with Gasteiger partial charge in [0.1, 0.15) is 6.33 Å². The molecule has 0 spiro atoms. The molecule has 2 N–H and O–H groups in total. The van der Waals surface area contributed by atoms with Crippen molar-refractivity contribution in [1.29, 1.82) is 0 Å². The lowest BCUT2D eigenvalue weighted by Gasteiger charge is -2.13. The summed E-state index contributed by atoms with van der Waals surface area (Å²) in [6.07, 6.45) is 1.52. The number of ether oxygens (including phenoxy) is 1. The second kappa shape index (κ2) is 7.09. The first-order valence-electron chi connectivity index (χ1n) is 6.35. The number of methoxy groups -OCH3 is 1. The molecule has 20 heavy (non-hydrogen) atoms. The highest BCUT2D eigenvalue weighted by Crippen LogP contribution is 2.29. The van der Waals surface area contributed by atoms with Gasteiger partial charge in [-0.2, -0.15) is 0 Å². The minimum atomic E-state index is 0.631. The first kappa shape index (κ1) is 14.6. The van der Waals surface area contributed by atoms with Gasteiger partial charge in [-0.3, -0.25) is 0 Å². The van der Waals surface area contributed by atoms with Crippen molar-refractivity contribution in [3.05, 3.63) is 40.6 Å². The Morgan fingerprint density at radius 1 is 1.10 bits per heavy atom. The minimum Gasteiger partial charge on any atom is -0.490 e. The minimum absolute atomic E-state index is 0.631. The molecule has 0 aliphatic heterocycles. The summed E-state index contributed by atoms with van der Waals surface area (Å²) < 4.78 is 6.44. The SMILES string of the molecule is CCNc1ncnc(NCc2ccc(Br)cc2)c1OC. The Hall–Kier alpha value is -1.82. The summed E-state index contributed by atoms with van der Waals surface area (Å²) in [5.41, 5.74) is 1.17. The van der Waals surface area contributed by atoms with Crippen LogP contribution < -0.4 is 15.4 Å². The molecule has 0 saturated carbocycles. The largest absolute Gasteiger partial charge is 0.490 e. The highest BCUT2D eigenvalue weighted by atomic mass is 79.9. The lowest BCUT2D eigenvalue weighted by Crippen LogP contribution is -2.08. The van der Waals surface area contributed by atoms with E-state index in [9.17, 15) is 0 Å². The Labute approximate surface area is 126 Å². The number of hydrogen-bond donors (Lipinski definition) is 2. The van der Waals surface area contributed by atoms with Gasteiger partial charge in [0.25, 0.3) is 0 Å². The normalized spacial score (nSPS) is 10.2. The van der Waals surface area contributed by atoms with E-state index in [4.69, 9.17) is 4.74 Å². The number of nitrogens with one attached hydrogen (secondary N) is 2. The van der Waals surface area contributed by atoms with Crippen molar-refractivity contribution in [1.82, 2.24) is 9.97 Å². The summed E-state index contributed by atoms with van der Waals surface area (Å²) in [5, 5.41) is 6.42. The van der Waals surface area contributed by atoms with E-state index in [0.717, 1.165) is 11.0 Å². The van der Waals surface area contributed by atoms with E-state index in [1.54, 1.807) is 7.11 Å². The average Bonchev–Trinajstić information content (AvgIpc) is 2.47. The van der Waals surface area contributed by atoms with E-state index in [2.05, 4.69) is 48.7 Å². The summed E-state index contributed by atoms with van der Waals surface area (Å²) in [7, 11) is 1.62. The first-order valence-corrected chi connectivity index (χ1v) is 7.15. The Balaban J connectivity index is 2.12. The zero-order chi connectivity index (χ0) is 14.4. The molecule has 1 aromatic heterocycles. The predicted octanol–water partition coefficient (Wildman–Crippen LogP) is 3.29. The monoisotopic (exact) mass is 336 g/mol. The van der Waals surface area contributed by atoms with E-state index < -0.39 is 0 Å². The molecule has 2 aromatic rings. The number of hydrogen-bond acceptors (Lipinski definition) is 5. The van der Waals surface area contributed by atoms with Crippen molar-refractivity contribution >= 4 is 27.6 Å². The van der Waals surface area contributed by atoms with Crippen molar-refractivity contribution < 1.29 is 4.74 Å². The summed E-state index contributed by atoms with van der Waals surface area (Å²) >= 11 is 3.42. The van der Waals surface area contributed by atoms with Crippen LogP contribution in [-0.4, -0.2) is 23.6 Å². The third-order valence-corrected chi connectivity index (χ3v) is 3.25. The van der Waals surface area contributed by atoms with Crippen LogP contribution in [0.1, 0.15) is 12.5 Å². The van der Waals surface area contributed by atoms with E-state index in [1.165, 1.54) is 11.9 Å². The van der Waals surface area contributed by atoms with Crippen molar-refractivity contribution in [2.75, 3.05) is 24.3 Å². The fourth-order valence-electron chi connectivity index (χ4n) is 1.77. The molecule has 6 heteroatoms. The Bertz CT molecular complexity index is 560. The van der Waals surface area contributed by atoms with Crippen LogP contribution in [0, 0.1) is 0 Å². The van der Waals surface area contributed by atoms with E-state index in [-0.39, 0.29) is 0 Å². The third-order valence-electron chi connectivity index (χ3n) is 2.73. The maximum Gasteiger partial charge on any atom is 0.204 e. The molecule has 0 bridgehead atoms. The zero-order valence-corrected chi connectivity index (χ0v) is 13.1. The third kappa shape index (κ3) is 3.60. The van der Waals surface area contributed by atoms with Gasteiger partial charge in [-0.05, 0) is 24.6 Å². The second-order valence-electron chi connectivity index (χ2n) is 4.11. The summed E-state index contributed by atoms with van der Waals surface area (Å²) in [4.78, 5) is 8.40. The van der Waals surface area contributed by atoms with Crippen LogP contribution in [0.3, 0.4) is 0 Å². The fourth-order valence-corrected chi connectivity index (χ4v) is 2.04. The average molecular weight is 337 g/mol. The molecule has 1 heterocycles. The Morgan fingerprint density at radius 3 is 2.35 bits per heavy atom. The van der Waals surface area contributed by atoms with Crippen LogP contribution >= 0.6 is 15.9 Å². The molecular weight excluding hydrogens is 320 g/mol. The lowest BCUT2D eigenvalue weighted by atomic mass is 10.2. The van der Waals surface area contributed by atoms with Crippen LogP contribution in [0.2, 0.25) is 0 Å². The van der Waals surface area contributed by atoms with Crippen molar-refractivity contribution in [2.45, 2.75) is 13.5 Å². The molecule has 1 aromatic carbocycles. The summed E-state index contributed by atoms with van der Waals surface area (Å²) in [5.74, 6) is 2.01. The van der Waals surface area contributed by atoms with Gasteiger partial charge in [-0.15, -0.1) is 0 Å². The number of nitrogens with zero attached hydrogens (tertiary/aromatic N) is 2. The standard InChI is InChI=1S/C14H17BrN4O/c1-3-16-13-12(20-2)14(19-9-18-13)17-8-10-4-6-11(15)7-5-10/h4-7,9H,3,8H2,1-2H3,(H2,16,17,18,19). The van der Waals surface area contributed by atoms with Crippen molar-refractivity contribution in [3.63, 3.8) is 0 Å². The molecule has 0 aliphatic carbocycles. The van der Waals surface area contributed by atoms with Gasteiger partial charge in [0.05, 0.1) is 7.11 Å². The fraction of sp³-hybridized carbons (Fsp3) is 0.286. The lowest BCUT2D eigenvalue weighted by molar-refractivity contribution is 0.414. The predicted molar refractivity (Wildman–Crippen MR) is 84.2 cm³/mol. The van der Waals surface area contributed by atoms with Crippen molar-refractivity contribution in [3.8, 4) is 5.75 Å². The van der Waals surface area contributed by atoms with E-state index in [0.29, 0.717) is 23.9 Å².